The molecule has 11 rings (SSSR count). The lowest BCUT2D eigenvalue weighted by Gasteiger charge is -2.38. The van der Waals surface area contributed by atoms with Crippen LogP contribution in [0.4, 0.5) is 17.6 Å². The molecule has 2 saturated carbocycles. The van der Waals surface area contributed by atoms with Crippen molar-refractivity contribution >= 4 is 87.2 Å². The van der Waals surface area contributed by atoms with E-state index in [4.69, 9.17) is 0 Å². The number of rotatable bonds is 2. The smallest absolute Gasteiger partial charge is 0.194 e. The van der Waals surface area contributed by atoms with Crippen LogP contribution in [0.15, 0.2) is 75.9 Å². The van der Waals surface area contributed by atoms with E-state index >= 15 is 0 Å². The molecule has 0 bridgehead atoms. The Balaban J connectivity index is 1.07. The molecule has 0 amide bonds. The lowest BCUT2D eigenvalue weighted by atomic mass is 9.66. The van der Waals surface area contributed by atoms with Crippen LogP contribution in [-0.2, 0) is 5.41 Å². The van der Waals surface area contributed by atoms with Crippen LogP contribution in [0.2, 0.25) is 0 Å². The maximum Gasteiger partial charge on any atom is 0.194 e. The van der Waals surface area contributed by atoms with Crippen LogP contribution in [0.3, 0.4) is 0 Å². The highest BCUT2D eigenvalue weighted by Gasteiger charge is 2.57. The van der Waals surface area contributed by atoms with Crippen molar-refractivity contribution in [1.82, 2.24) is 0 Å². The summed E-state index contributed by atoms with van der Waals surface area (Å²) in [6, 6.07) is 12.8. The van der Waals surface area contributed by atoms with Crippen molar-refractivity contribution in [2.24, 2.45) is 5.41 Å². The summed E-state index contributed by atoms with van der Waals surface area (Å²) < 4.78 is 62.5. The highest BCUT2D eigenvalue weighted by Crippen LogP contribution is 2.71. The molecule has 6 aliphatic rings. The number of Topliss-reactive ketones (excluding diaryl/α,β-unsaturated/α-hetero) is 2. The van der Waals surface area contributed by atoms with E-state index < -0.39 is 40.3 Å². The molecule has 0 aliphatic heterocycles. The van der Waals surface area contributed by atoms with Crippen molar-refractivity contribution < 1.29 is 27.2 Å². The fourth-order valence-electron chi connectivity index (χ4n) is 11.3. The fraction of sp³-hybridized carbons (Fsp3) is 0.240. The van der Waals surface area contributed by atoms with Gasteiger partial charge in [-0.2, -0.15) is 21.0 Å². The second kappa shape index (κ2) is 14.0. The summed E-state index contributed by atoms with van der Waals surface area (Å²) >= 11 is 4.91. The van der Waals surface area contributed by atoms with Crippen LogP contribution < -0.4 is 0 Å². The van der Waals surface area contributed by atoms with Crippen molar-refractivity contribution in [3.05, 3.63) is 137 Å². The number of halogens is 4. The zero-order valence-electron chi connectivity index (χ0n) is 33.0. The SMILES string of the molecule is N#CC(C#N)=C1/C(=C/C2=CC3=C(c4sc5c(sc6cc(/C=C7/C(=O)c8cc(F)c(F)cc8C7=C(C#N)C#N)sc65)c4C34CCCCC4)C23CCCCC3)C(=O)c2cc(F)c(F)cc21. The van der Waals surface area contributed by atoms with E-state index in [1.54, 1.807) is 34.8 Å². The average Bonchev–Trinajstić information content (AvgIpc) is 4.13. The van der Waals surface area contributed by atoms with Crippen molar-refractivity contribution in [3.8, 4) is 24.3 Å². The summed E-state index contributed by atoms with van der Waals surface area (Å²) in [7, 11) is 0. The number of allylic oxidation sites excluding steroid dienone is 11. The largest absolute Gasteiger partial charge is 0.289 e. The summed E-state index contributed by atoms with van der Waals surface area (Å²) in [4.78, 5) is 29.8. The van der Waals surface area contributed by atoms with E-state index in [-0.39, 0.29) is 61.1 Å². The Labute approximate surface area is 369 Å². The van der Waals surface area contributed by atoms with Crippen LogP contribution in [-0.4, -0.2) is 11.6 Å². The number of hydrogen-bond donors (Lipinski definition) is 0. The molecule has 0 radical (unpaired) electrons. The Morgan fingerprint density at radius 1 is 0.571 bits per heavy atom. The minimum absolute atomic E-state index is 0.00446. The van der Waals surface area contributed by atoms with Gasteiger partial charge in [-0.15, -0.1) is 34.0 Å². The molecule has 0 unspecified atom stereocenters. The van der Waals surface area contributed by atoms with Crippen molar-refractivity contribution in [2.45, 2.75) is 69.6 Å². The van der Waals surface area contributed by atoms with Gasteiger partial charge < -0.3 is 0 Å². The van der Waals surface area contributed by atoms with Gasteiger partial charge in [-0.25, -0.2) is 17.6 Å². The molecule has 13 heteroatoms. The monoisotopic (exact) mass is 888 g/mol. The molecule has 0 atom stereocenters. The Morgan fingerprint density at radius 3 is 1.59 bits per heavy atom. The van der Waals surface area contributed by atoms with Crippen molar-refractivity contribution in [1.29, 1.82) is 21.0 Å². The first-order valence-electron chi connectivity index (χ1n) is 20.6. The van der Waals surface area contributed by atoms with E-state index in [2.05, 4.69) is 6.08 Å². The lowest BCUT2D eigenvalue weighted by Crippen LogP contribution is -2.28. The number of nitrogens with zero attached hydrogens (tertiary/aromatic N) is 4. The van der Waals surface area contributed by atoms with E-state index in [1.807, 2.05) is 30.3 Å². The molecule has 2 aromatic carbocycles. The maximum atomic E-state index is 14.7. The Hall–Kier alpha value is -6.48. The fourth-order valence-corrected chi connectivity index (χ4v) is 15.9. The molecule has 0 N–H and O–H groups in total. The minimum atomic E-state index is -1.20. The van der Waals surface area contributed by atoms with Gasteiger partial charge in [-0.1, -0.05) is 44.6 Å². The number of fused-ring (bicyclic) bond motifs is 11. The van der Waals surface area contributed by atoms with Crippen molar-refractivity contribution in [2.75, 3.05) is 0 Å². The third kappa shape index (κ3) is 5.28. The molecule has 306 valence electrons. The summed E-state index contributed by atoms with van der Waals surface area (Å²) in [5.41, 5.74) is 3.24. The second-order valence-electron chi connectivity index (χ2n) is 16.9. The molecule has 3 heterocycles. The topological polar surface area (TPSA) is 129 Å². The molecule has 6 nitrogen and oxygen atoms in total. The van der Waals surface area contributed by atoms with Crippen molar-refractivity contribution in [3.63, 3.8) is 0 Å². The lowest BCUT2D eigenvalue weighted by molar-refractivity contribution is 0.103. The maximum absolute atomic E-state index is 14.7. The van der Waals surface area contributed by atoms with Gasteiger partial charge >= 0.3 is 0 Å². The minimum Gasteiger partial charge on any atom is -0.289 e. The summed E-state index contributed by atoms with van der Waals surface area (Å²) in [6.07, 6.45) is 15.2. The quantitative estimate of drug-likeness (QED) is 0.0986. The van der Waals surface area contributed by atoms with E-state index in [9.17, 15) is 48.2 Å². The van der Waals surface area contributed by atoms with Gasteiger partial charge in [0.1, 0.15) is 35.4 Å². The van der Waals surface area contributed by atoms with Gasteiger partial charge in [0, 0.05) is 58.7 Å². The van der Waals surface area contributed by atoms with Gasteiger partial charge in [-0.3, -0.25) is 9.59 Å². The van der Waals surface area contributed by atoms with Crippen LogP contribution in [0, 0.1) is 74.0 Å². The third-order valence-corrected chi connectivity index (χ3v) is 17.8. The zero-order chi connectivity index (χ0) is 43.7. The number of thiophene rings is 3. The van der Waals surface area contributed by atoms with Gasteiger partial charge in [0.2, 0.25) is 0 Å². The van der Waals surface area contributed by atoms with E-state index in [1.165, 1.54) is 37.6 Å². The molecule has 2 fully saturated rings. The van der Waals surface area contributed by atoms with Gasteiger partial charge in [-0.05, 0) is 102 Å². The number of benzene rings is 2. The highest BCUT2D eigenvalue weighted by molar-refractivity contribution is 7.39. The number of carbonyl (C=O) groups excluding carboxylic acids is 2. The van der Waals surface area contributed by atoms with E-state index in [0.29, 0.717) is 4.88 Å². The number of hydrogen-bond acceptors (Lipinski definition) is 9. The third-order valence-electron chi connectivity index (χ3n) is 13.9. The predicted octanol–water partition coefficient (Wildman–Crippen LogP) is 13.3. The first-order valence-corrected chi connectivity index (χ1v) is 23.0. The Morgan fingerprint density at radius 2 is 1.06 bits per heavy atom. The molecular weight excluding hydrogens is 861 g/mol. The number of nitriles is 4. The van der Waals surface area contributed by atoms with Crippen LogP contribution in [0.5, 0.6) is 0 Å². The standard InChI is InChI=1S/C50H28F4N4O2S3/c51-34-15-27-29(17-36(34)53)43(59)31(39(27)23(19-55)20-56)11-25-12-33-41(49(25)7-3-1-4-8-49)46-42(50(33)9-5-2-6-10-50)47-48(63-46)45-38(62-47)14-26(61-45)13-32-40(24(21-57)22-58)28-16-35(52)37(54)18-30(28)44(32)60/h11-18H,1-10H2/b31-11-,32-13+. The molecule has 5 aromatic rings. The summed E-state index contributed by atoms with van der Waals surface area (Å²) in [5.74, 6) is -5.91. The molecule has 63 heavy (non-hydrogen) atoms. The normalized spacial score (nSPS) is 20.3. The molecule has 2 spiro atoms. The van der Waals surface area contributed by atoms with Gasteiger partial charge in [0.15, 0.2) is 34.8 Å². The average molecular weight is 889 g/mol. The predicted molar refractivity (Wildman–Crippen MR) is 234 cm³/mol. The molecule has 6 aliphatic carbocycles. The summed E-state index contributed by atoms with van der Waals surface area (Å²) in [5, 5.41) is 39.7. The Bertz CT molecular complexity index is 3400. The molecular formula is C50H28F4N4O2S3. The first kappa shape index (κ1) is 39.4. The van der Waals surface area contributed by atoms with Crippen LogP contribution in [0.1, 0.15) is 111 Å². The first-order chi connectivity index (χ1) is 30.5. The summed E-state index contributed by atoms with van der Waals surface area (Å²) in [6.45, 7) is 0. The van der Waals surface area contributed by atoms with Crippen LogP contribution >= 0.6 is 34.0 Å². The van der Waals surface area contributed by atoms with Crippen LogP contribution in [0.25, 0.3) is 41.6 Å². The second-order valence-corrected chi connectivity index (χ2v) is 20.1. The molecule has 3 aromatic heterocycles. The molecule has 0 saturated heterocycles. The van der Waals surface area contributed by atoms with Gasteiger partial charge in [0.05, 0.1) is 14.1 Å². The van der Waals surface area contributed by atoms with E-state index in [0.717, 1.165) is 108 Å². The number of ketones is 2. The Kier molecular flexibility index (Phi) is 8.76. The number of carbonyl (C=O) groups is 2. The van der Waals surface area contributed by atoms with Gasteiger partial charge in [0.25, 0.3) is 0 Å². The zero-order valence-corrected chi connectivity index (χ0v) is 35.5. The highest BCUT2D eigenvalue weighted by atomic mass is 32.1.